The van der Waals surface area contributed by atoms with Crippen LogP contribution in [0.15, 0.2) is 24.3 Å². The summed E-state index contributed by atoms with van der Waals surface area (Å²) in [7, 11) is 0. The molecule has 1 heterocycles. The van der Waals surface area contributed by atoms with Crippen molar-refractivity contribution in [1.82, 2.24) is 10.3 Å². The minimum atomic E-state index is 0.249. The van der Waals surface area contributed by atoms with Gasteiger partial charge in [0.2, 0.25) is 0 Å². The summed E-state index contributed by atoms with van der Waals surface area (Å²) in [6, 6.07) is 9.18. The molecule has 2 aromatic rings. The Bertz CT molecular complexity index is 594. The van der Waals surface area contributed by atoms with E-state index < -0.39 is 0 Å². The minimum Gasteiger partial charge on any atom is -0.304 e. The van der Waals surface area contributed by atoms with Crippen molar-refractivity contribution in [3.8, 4) is 0 Å². The van der Waals surface area contributed by atoms with Crippen molar-refractivity contribution in [2.45, 2.75) is 52.0 Å². The summed E-state index contributed by atoms with van der Waals surface area (Å²) in [6.45, 7) is 7.52. The second-order valence-electron chi connectivity index (χ2n) is 5.98. The van der Waals surface area contributed by atoms with Crippen LogP contribution in [0.25, 0.3) is 0 Å². The number of thiazole rings is 1. The van der Waals surface area contributed by atoms with Crippen LogP contribution in [0.4, 0.5) is 0 Å². The van der Waals surface area contributed by atoms with Crippen molar-refractivity contribution in [2.24, 2.45) is 0 Å². The summed E-state index contributed by atoms with van der Waals surface area (Å²) in [6.07, 6.45) is 3.83. The van der Waals surface area contributed by atoms with Crippen molar-refractivity contribution in [2.75, 3.05) is 6.54 Å². The van der Waals surface area contributed by atoms with Crippen LogP contribution in [0.3, 0.4) is 0 Å². The van der Waals surface area contributed by atoms with Crippen LogP contribution in [-0.2, 0) is 0 Å². The highest BCUT2D eigenvalue weighted by atomic mass is 32.1. The molecular weight excluding hydrogens is 276 g/mol. The van der Waals surface area contributed by atoms with Gasteiger partial charge >= 0.3 is 0 Å². The summed E-state index contributed by atoms with van der Waals surface area (Å²) in [5.41, 5.74) is 4.13. The smallest absolute Gasteiger partial charge is 0.115 e. The average molecular weight is 300 g/mol. The lowest BCUT2D eigenvalue weighted by atomic mass is 9.97. The van der Waals surface area contributed by atoms with Crippen LogP contribution in [0.1, 0.15) is 64.9 Å². The molecule has 1 saturated carbocycles. The molecule has 1 fully saturated rings. The molecule has 3 heteroatoms. The van der Waals surface area contributed by atoms with Gasteiger partial charge in [-0.3, -0.25) is 0 Å². The molecular formula is C18H24N2S. The zero-order valence-corrected chi connectivity index (χ0v) is 14.0. The number of rotatable bonds is 6. The predicted octanol–water partition coefficient (Wildman–Crippen LogP) is 4.73. The number of benzene rings is 1. The topological polar surface area (TPSA) is 24.9 Å². The van der Waals surface area contributed by atoms with Crippen LogP contribution >= 0.6 is 11.3 Å². The van der Waals surface area contributed by atoms with Crippen LogP contribution in [0.2, 0.25) is 0 Å². The normalized spacial score (nSPS) is 16.1. The molecule has 0 bridgehead atoms. The van der Waals surface area contributed by atoms with Gasteiger partial charge in [0.1, 0.15) is 5.01 Å². The standard InChI is InChI=1S/C18H24N2S/c1-4-11-19-17(18-20-12(2)13(3)21-18)16-8-6-5-7-15(16)14-9-10-14/h5-8,14,17,19H,4,9-11H2,1-3H3. The van der Waals surface area contributed by atoms with Crippen LogP contribution < -0.4 is 5.32 Å². The molecule has 1 unspecified atom stereocenters. The summed E-state index contributed by atoms with van der Waals surface area (Å²) in [5, 5.41) is 4.93. The predicted molar refractivity (Wildman–Crippen MR) is 90.1 cm³/mol. The van der Waals surface area contributed by atoms with E-state index in [1.54, 1.807) is 0 Å². The fraction of sp³-hybridized carbons (Fsp3) is 0.500. The maximum atomic E-state index is 4.82. The van der Waals surface area contributed by atoms with Gasteiger partial charge in [-0.15, -0.1) is 11.3 Å². The average Bonchev–Trinajstić information content (AvgIpc) is 3.27. The van der Waals surface area contributed by atoms with Gasteiger partial charge in [0.15, 0.2) is 0 Å². The minimum absolute atomic E-state index is 0.249. The van der Waals surface area contributed by atoms with Gasteiger partial charge in [-0.1, -0.05) is 31.2 Å². The second kappa shape index (κ2) is 6.29. The first-order valence-corrected chi connectivity index (χ1v) is 8.78. The number of hydrogen-bond donors (Lipinski definition) is 1. The molecule has 0 aliphatic heterocycles. The maximum Gasteiger partial charge on any atom is 0.115 e. The van der Waals surface area contributed by atoms with Crippen molar-refractivity contribution in [3.63, 3.8) is 0 Å². The van der Waals surface area contributed by atoms with Crippen molar-refractivity contribution in [1.29, 1.82) is 0 Å². The van der Waals surface area contributed by atoms with Gasteiger partial charge in [0.05, 0.1) is 11.7 Å². The van der Waals surface area contributed by atoms with Crippen molar-refractivity contribution in [3.05, 3.63) is 51.0 Å². The highest BCUT2D eigenvalue weighted by Crippen LogP contribution is 2.44. The highest BCUT2D eigenvalue weighted by molar-refractivity contribution is 7.11. The Labute approximate surface area is 131 Å². The van der Waals surface area contributed by atoms with E-state index in [0.717, 1.165) is 18.9 Å². The molecule has 0 saturated heterocycles. The molecule has 21 heavy (non-hydrogen) atoms. The van der Waals surface area contributed by atoms with Gasteiger partial charge in [-0.05, 0) is 56.7 Å². The molecule has 0 amide bonds. The zero-order chi connectivity index (χ0) is 14.8. The quantitative estimate of drug-likeness (QED) is 0.834. The molecule has 1 aliphatic rings. The first kappa shape index (κ1) is 14.7. The highest BCUT2D eigenvalue weighted by Gasteiger charge is 2.29. The third-order valence-electron chi connectivity index (χ3n) is 4.21. The lowest BCUT2D eigenvalue weighted by Gasteiger charge is -2.20. The lowest BCUT2D eigenvalue weighted by molar-refractivity contribution is 0.591. The summed E-state index contributed by atoms with van der Waals surface area (Å²) in [4.78, 5) is 6.15. The van der Waals surface area contributed by atoms with Crippen molar-refractivity contribution < 1.29 is 0 Å². The summed E-state index contributed by atoms with van der Waals surface area (Å²) < 4.78 is 0. The van der Waals surface area contributed by atoms with E-state index in [9.17, 15) is 0 Å². The number of aromatic nitrogens is 1. The van der Waals surface area contributed by atoms with Gasteiger partial charge < -0.3 is 5.32 Å². The number of nitrogens with zero attached hydrogens (tertiary/aromatic N) is 1. The van der Waals surface area contributed by atoms with Gasteiger partial charge in [0, 0.05) is 4.88 Å². The molecule has 1 aliphatic carbocycles. The fourth-order valence-corrected chi connectivity index (χ4v) is 3.80. The molecule has 1 atom stereocenters. The Morgan fingerprint density at radius 1 is 1.29 bits per heavy atom. The third-order valence-corrected chi connectivity index (χ3v) is 5.35. The van der Waals surface area contributed by atoms with Gasteiger partial charge in [-0.2, -0.15) is 0 Å². The fourth-order valence-electron chi connectivity index (χ4n) is 2.78. The Morgan fingerprint density at radius 3 is 2.67 bits per heavy atom. The van der Waals surface area contributed by atoms with E-state index >= 15 is 0 Å². The number of aryl methyl sites for hydroxylation is 2. The zero-order valence-electron chi connectivity index (χ0n) is 13.1. The molecule has 1 aromatic carbocycles. The Balaban J connectivity index is 1.99. The molecule has 112 valence electrons. The van der Waals surface area contributed by atoms with E-state index in [1.165, 1.54) is 39.5 Å². The van der Waals surface area contributed by atoms with Crippen LogP contribution in [-0.4, -0.2) is 11.5 Å². The Kier molecular flexibility index (Phi) is 4.41. The Hall–Kier alpha value is -1.19. The number of hydrogen-bond acceptors (Lipinski definition) is 3. The third kappa shape index (κ3) is 3.19. The maximum absolute atomic E-state index is 4.82. The van der Waals surface area contributed by atoms with E-state index in [-0.39, 0.29) is 6.04 Å². The largest absolute Gasteiger partial charge is 0.304 e. The number of nitrogens with one attached hydrogen (secondary N) is 1. The first-order valence-electron chi connectivity index (χ1n) is 7.96. The van der Waals surface area contributed by atoms with E-state index in [2.05, 4.69) is 50.4 Å². The Morgan fingerprint density at radius 2 is 2.05 bits per heavy atom. The van der Waals surface area contributed by atoms with Gasteiger partial charge in [0.25, 0.3) is 0 Å². The second-order valence-corrected chi connectivity index (χ2v) is 7.22. The summed E-state index contributed by atoms with van der Waals surface area (Å²) >= 11 is 1.83. The van der Waals surface area contributed by atoms with Crippen LogP contribution in [0, 0.1) is 13.8 Å². The van der Waals surface area contributed by atoms with E-state index in [1.807, 2.05) is 11.3 Å². The van der Waals surface area contributed by atoms with Crippen molar-refractivity contribution >= 4 is 11.3 Å². The molecule has 0 spiro atoms. The van der Waals surface area contributed by atoms with E-state index in [0.29, 0.717) is 0 Å². The first-order chi connectivity index (χ1) is 10.2. The van der Waals surface area contributed by atoms with Crippen LogP contribution in [0.5, 0.6) is 0 Å². The molecule has 3 rings (SSSR count). The van der Waals surface area contributed by atoms with Gasteiger partial charge in [-0.25, -0.2) is 4.98 Å². The lowest BCUT2D eigenvalue weighted by Crippen LogP contribution is -2.24. The van der Waals surface area contributed by atoms with E-state index in [4.69, 9.17) is 4.98 Å². The molecule has 0 radical (unpaired) electrons. The molecule has 2 nitrogen and oxygen atoms in total. The molecule has 1 aromatic heterocycles. The summed E-state index contributed by atoms with van der Waals surface area (Å²) in [5.74, 6) is 0.772. The SMILES string of the molecule is CCCNC(c1nc(C)c(C)s1)c1ccccc1C1CC1. The monoisotopic (exact) mass is 300 g/mol. The molecule has 1 N–H and O–H groups in total.